The molecule has 2 heterocycles. The van der Waals surface area contributed by atoms with Gasteiger partial charge in [0, 0.05) is 22.4 Å². The fourth-order valence-electron chi connectivity index (χ4n) is 8.99. The van der Waals surface area contributed by atoms with Crippen molar-refractivity contribution < 1.29 is 4.74 Å². The molecular formula is C51H34N2O. The summed E-state index contributed by atoms with van der Waals surface area (Å²) in [5.41, 5.74) is 13.5. The highest BCUT2D eigenvalue weighted by atomic mass is 16.5. The summed E-state index contributed by atoms with van der Waals surface area (Å²) in [7, 11) is 0. The summed E-state index contributed by atoms with van der Waals surface area (Å²) in [6, 6.07) is 67.1. The van der Waals surface area contributed by atoms with Crippen LogP contribution in [0.5, 0.6) is 11.5 Å². The van der Waals surface area contributed by atoms with E-state index in [0.717, 1.165) is 45.3 Å². The smallest absolute Gasteiger partial charge is 0.133 e. The number of benzene rings is 8. The Bertz CT molecular complexity index is 2770. The Morgan fingerprint density at radius 2 is 1.02 bits per heavy atom. The molecule has 54 heavy (non-hydrogen) atoms. The summed E-state index contributed by atoms with van der Waals surface area (Å²) in [6.45, 7) is 0. The molecule has 1 N–H and O–H groups in total. The summed E-state index contributed by atoms with van der Waals surface area (Å²) in [6.07, 6.45) is 2.30. The molecule has 11 rings (SSSR count). The molecule has 1 unspecified atom stereocenters. The van der Waals surface area contributed by atoms with Crippen molar-refractivity contribution in [2.75, 3.05) is 0 Å². The Labute approximate surface area is 314 Å². The van der Waals surface area contributed by atoms with Crippen LogP contribution in [0.4, 0.5) is 0 Å². The quantitative estimate of drug-likeness (QED) is 0.199. The van der Waals surface area contributed by atoms with Gasteiger partial charge in [-0.15, -0.1) is 0 Å². The molecule has 8 aromatic rings. The zero-order chi connectivity index (χ0) is 35.6. The van der Waals surface area contributed by atoms with E-state index in [9.17, 15) is 0 Å². The topological polar surface area (TPSA) is 33.6 Å². The average Bonchev–Trinajstić information content (AvgIpc) is 3.53. The van der Waals surface area contributed by atoms with Crippen LogP contribution in [0.25, 0.3) is 38.7 Å². The van der Waals surface area contributed by atoms with E-state index in [1.165, 1.54) is 49.7 Å². The van der Waals surface area contributed by atoms with Crippen molar-refractivity contribution in [3.8, 4) is 33.8 Å². The normalized spacial score (nSPS) is 15.9. The van der Waals surface area contributed by atoms with Gasteiger partial charge in [0.05, 0.1) is 11.5 Å². The lowest BCUT2D eigenvalue weighted by Gasteiger charge is -2.39. The fourth-order valence-corrected chi connectivity index (χ4v) is 8.99. The molecule has 0 saturated carbocycles. The standard InChI is InChI=1S/C51H34N2O/c1-3-14-33(15-4-1)34-26-28-35(29-27-34)45-32-46(53-50(52-45)36-16-5-2-6-17-36)39-20-13-23-43-49(39)40-30-37-18-7-8-19-38(37)31-44(40)51(43)41-21-9-11-24-47(41)54-48-25-12-10-22-42(48)51/h1-32,46H,(H,52,53). The number of para-hydroxylation sites is 2. The van der Waals surface area contributed by atoms with Gasteiger partial charge in [0.25, 0.3) is 0 Å². The van der Waals surface area contributed by atoms with Gasteiger partial charge in [-0.1, -0.05) is 164 Å². The molecule has 3 heteroatoms. The molecule has 0 radical (unpaired) electrons. The van der Waals surface area contributed by atoms with Gasteiger partial charge in [0.1, 0.15) is 17.3 Å². The molecule has 254 valence electrons. The van der Waals surface area contributed by atoms with E-state index in [4.69, 9.17) is 9.73 Å². The summed E-state index contributed by atoms with van der Waals surface area (Å²) < 4.78 is 6.65. The first kappa shape index (κ1) is 30.6. The third-order valence-corrected chi connectivity index (χ3v) is 11.4. The Hall–Kier alpha value is -6.97. The van der Waals surface area contributed by atoms with E-state index in [0.29, 0.717) is 0 Å². The van der Waals surface area contributed by atoms with Crippen molar-refractivity contribution in [3.63, 3.8) is 0 Å². The number of aliphatic imine (C=N–C) groups is 1. The van der Waals surface area contributed by atoms with Crippen LogP contribution in [0.3, 0.4) is 0 Å². The Morgan fingerprint density at radius 3 is 1.72 bits per heavy atom. The van der Waals surface area contributed by atoms with E-state index >= 15 is 0 Å². The number of ether oxygens (including phenoxy) is 1. The van der Waals surface area contributed by atoms with Gasteiger partial charge in [0.15, 0.2) is 0 Å². The highest BCUT2D eigenvalue weighted by Crippen LogP contribution is 2.63. The predicted molar refractivity (Wildman–Crippen MR) is 220 cm³/mol. The Balaban J connectivity index is 1.17. The van der Waals surface area contributed by atoms with E-state index in [-0.39, 0.29) is 6.04 Å². The summed E-state index contributed by atoms with van der Waals surface area (Å²) in [5, 5.41) is 6.17. The van der Waals surface area contributed by atoms with E-state index in [1.807, 2.05) is 0 Å². The van der Waals surface area contributed by atoms with Gasteiger partial charge in [0.2, 0.25) is 0 Å². The molecule has 1 aliphatic carbocycles. The van der Waals surface area contributed by atoms with E-state index in [2.05, 4.69) is 199 Å². The number of hydrogen-bond acceptors (Lipinski definition) is 3. The van der Waals surface area contributed by atoms with Crippen LogP contribution in [0.15, 0.2) is 199 Å². The average molecular weight is 691 g/mol. The van der Waals surface area contributed by atoms with E-state index in [1.54, 1.807) is 0 Å². The second-order valence-electron chi connectivity index (χ2n) is 14.3. The van der Waals surface area contributed by atoms with Gasteiger partial charge in [-0.25, -0.2) is 0 Å². The van der Waals surface area contributed by atoms with Crippen LogP contribution in [-0.4, -0.2) is 5.84 Å². The largest absolute Gasteiger partial charge is 0.457 e. The van der Waals surface area contributed by atoms with Crippen molar-refractivity contribution >= 4 is 22.3 Å². The molecule has 3 nitrogen and oxygen atoms in total. The minimum atomic E-state index is -0.575. The number of hydrogen-bond donors (Lipinski definition) is 1. The molecule has 0 saturated heterocycles. The molecule has 0 aromatic heterocycles. The molecule has 2 aliphatic heterocycles. The minimum Gasteiger partial charge on any atom is -0.457 e. The lowest BCUT2D eigenvalue weighted by Crippen LogP contribution is -2.32. The number of fused-ring (bicyclic) bond motifs is 10. The zero-order valence-electron chi connectivity index (χ0n) is 29.4. The highest BCUT2D eigenvalue weighted by Gasteiger charge is 2.52. The van der Waals surface area contributed by atoms with Crippen LogP contribution in [0.2, 0.25) is 0 Å². The van der Waals surface area contributed by atoms with Crippen molar-refractivity contribution in [2.24, 2.45) is 4.99 Å². The van der Waals surface area contributed by atoms with Crippen LogP contribution < -0.4 is 10.1 Å². The van der Waals surface area contributed by atoms with E-state index < -0.39 is 5.41 Å². The lowest BCUT2D eigenvalue weighted by atomic mass is 9.66. The van der Waals surface area contributed by atoms with Gasteiger partial charge in [-0.3, -0.25) is 4.99 Å². The third kappa shape index (κ3) is 4.58. The van der Waals surface area contributed by atoms with Crippen LogP contribution >= 0.6 is 0 Å². The maximum absolute atomic E-state index is 6.65. The highest BCUT2D eigenvalue weighted by molar-refractivity contribution is 6.05. The zero-order valence-corrected chi connectivity index (χ0v) is 29.4. The number of amidine groups is 1. The monoisotopic (exact) mass is 690 g/mol. The van der Waals surface area contributed by atoms with Crippen molar-refractivity contribution in [3.05, 3.63) is 233 Å². The molecule has 8 aromatic carbocycles. The first-order valence-corrected chi connectivity index (χ1v) is 18.6. The molecule has 1 spiro atoms. The maximum atomic E-state index is 6.65. The molecule has 0 amide bonds. The molecule has 1 atom stereocenters. The van der Waals surface area contributed by atoms with Gasteiger partial charge in [-0.2, -0.15) is 0 Å². The maximum Gasteiger partial charge on any atom is 0.133 e. The van der Waals surface area contributed by atoms with Crippen LogP contribution in [-0.2, 0) is 5.41 Å². The van der Waals surface area contributed by atoms with Gasteiger partial charge >= 0.3 is 0 Å². The fraction of sp³-hybridized carbons (Fsp3) is 0.0392. The number of rotatable bonds is 4. The second-order valence-corrected chi connectivity index (χ2v) is 14.3. The first-order chi connectivity index (χ1) is 26.8. The van der Waals surface area contributed by atoms with Crippen molar-refractivity contribution in [1.82, 2.24) is 5.32 Å². The minimum absolute atomic E-state index is 0.250. The summed E-state index contributed by atoms with van der Waals surface area (Å²) in [5.74, 6) is 2.64. The predicted octanol–water partition coefficient (Wildman–Crippen LogP) is 12.1. The van der Waals surface area contributed by atoms with Gasteiger partial charge in [-0.05, 0) is 85.6 Å². The first-order valence-electron chi connectivity index (χ1n) is 18.6. The number of nitrogens with one attached hydrogen (secondary N) is 1. The molecule has 0 bridgehead atoms. The number of nitrogens with zero attached hydrogens (tertiary/aromatic N) is 1. The molecule has 0 fully saturated rings. The molecule has 3 aliphatic rings. The van der Waals surface area contributed by atoms with Crippen molar-refractivity contribution in [1.29, 1.82) is 0 Å². The van der Waals surface area contributed by atoms with Crippen molar-refractivity contribution in [2.45, 2.75) is 11.5 Å². The third-order valence-electron chi connectivity index (χ3n) is 11.4. The summed E-state index contributed by atoms with van der Waals surface area (Å²) >= 11 is 0. The second kappa shape index (κ2) is 12.0. The summed E-state index contributed by atoms with van der Waals surface area (Å²) in [4.78, 5) is 5.50. The Morgan fingerprint density at radius 1 is 0.463 bits per heavy atom. The van der Waals surface area contributed by atoms with Crippen LogP contribution in [0, 0.1) is 0 Å². The van der Waals surface area contributed by atoms with Gasteiger partial charge < -0.3 is 10.1 Å². The SMILES string of the molecule is C1=C(c2ccc(-c3ccccc3)cc2)NC(c2ccccc2)=NC1c1cccc2c1-c1cc3ccccc3cc1C21c2ccccc2Oc2ccccc21. The lowest BCUT2D eigenvalue weighted by molar-refractivity contribution is 0.436. The Kier molecular flexibility index (Phi) is 6.83. The molecular weight excluding hydrogens is 657 g/mol. The van der Waals surface area contributed by atoms with Crippen LogP contribution in [0.1, 0.15) is 45.0 Å².